The molecule has 0 spiro atoms. The molecule has 0 aliphatic heterocycles. The van der Waals surface area contributed by atoms with Gasteiger partial charge in [-0.3, -0.25) is 28.8 Å². The van der Waals surface area contributed by atoms with Gasteiger partial charge in [0.15, 0.2) is 17.5 Å². The Morgan fingerprint density at radius 2 is 1.62 bits per heavy atom. The normalized spacial score (nSPS) is 12.9. The molecule has 1 amide bonds. The molecular weight excluding hydrogens is 514 g/mol. The highest BCUT2D eigenvalue weighted by Crippen LogP contribution is 2.31. The van der Waals surface area contributed by atoms with Crippen molar-refractivity contribution in [2.24, 2.45) is 0 Å². The predicted molar refractivity (Wildman–Crippen MR) is 145 cm³/mol. The van der Waals surface area contributed by atoms with E-state index in [1.807, 2.05) is 13.0 Å². The number of carbonyl (C=O) groups excluding carboxylic acids is 5. The summed E-state index contributed by atoms with van der Waals surface area (Å²) in [6, 6.07) is 14.4. The van der Waals surface area contributed by atoms with Crippen LogP contribution in [0.15, 0.2) is 59.4 Å². The maximum atomic E-state index is 13.3. The lowest BCUT2D eigenvalue weighted by Crippen LogP contribution is -2.37. The van der Waals surface area contributed by atoms with Crippen LogP contribution in [-0.4, -0.2) is 45.8 Å². The van der Waals surface area contributed by atoms with Crippen molar-refractivity contribution < 1.29 is 28.7 Å². The van der Waals surface area contributed by atoms with E-state index in [1.54, 1.807) is 37.3 Å². The van der Waals surface area contributed by atoms with Crippen LogP contribution in [0.3, 0.4) is 0 Å². The van der Waals surface area contributed by atoms with E-state index in [4.69, 9.17) is 4.74 Å². The number of ketones is 3. The van der Waals surface area contributed by atoms with E-state index in [2.05, 4.69) is 15.3 Å². The number of ether oxygens (including phenoxy) is 1. The molecule has 10 nitrogen and oxygen atoms in total. The summed E-state index contributed by atoms with van der Waals surface area (Å²) < 4.78 is 5.02. The Balaban J connectivity index is 1.60. The molecule has 1 atom stereocenters. The highest BCUT2D eigenvalue weighted by atomic mass is 16.5. The van der Waals surface area contributed by atoms with Crippen LogP contribution >= 0.6 is 0 Å². The Labute approximate surface area is 227 Å². The molecule has 0 unspecified atom stereocenters. The van der Waals surface area contributed by atoms with Crippen LogP contribution in [0.1, 0.15) is 61.5 Å². The average Bonchev–Trinajstić information content (AvgIpc) is 2.93. The van der Waals surface area contributed by atoms with Gasteiger partial charge >= 0.3 is 5.97 Å². The van der Waals surface area contributed by atoms with Gasteiger partial charge in [-0.2, -0.15) is 0 Å². The SMILES string of the molecule is CCOC(=O)[C@@H](C(=O)C(=O)Nc1cc(C)ccc1C)c1nc2ccc3c(c2[nH]c1=O)C(=O)c1ccccc1C3=O. The van der Waals surface area contributed by atoms with Gasteiger partial charge in [0, 0.05) is 22.4 Å². The van der Waals surface area contributed by atoms with Gasteiger partial charge in [0.25, 0.3) is 11.5 Å². The summed E-state index contributed by atoms with van der Waals surface area (Å²) in [7, 11) is 0. The summed E-state index contributed by atoms with van der Waals surface area (Å²) in [5.74, 6) is -6.33. The van der Waals surface area contributed by atoms with E-state index < -0.39 is 40.6 Å². The molecule has 1 aromatic heterocycles. The number of H-pyrrole nitrogens is 1. The number of nitrogens with one attached hydrogen (secondary N) is 2. The number of hydrogen-bond acceptors (Lipinski definition) is 8. The predicted octanol–water partition coefficient (Wildman–Crippen LogP) is 3.17. The zero-order chi connectivity index (χ0) is 28.7. The first-order chi connectivity index (χ1) is 19.1. The Bertz CT molecular complexity index is 1840. The lowest BCUT2D eigenvalue weighted by Gasteiger charge is -2.19. The molecule has 1 aliphatic carbocycles. The summed E-state index contributed by atoms with van der Waals surface area (Å²) in [5, 5.41) is 2.50. The van der Waals surface area contributed by atoms with Crippen LogP contribution in [0.4, 0.5) is 5.69 Å². The Hall–Kier alpha value is -5.25. The van der Waals surface area contributed by atoms with E-state index in [0.29, 0.717) is 11.3 Å². The number of fused-ring (bicyclic) bond motifs is 4. The standard InChI is InChI=1S/C30H23N3O7/c1-4-40-30(39)22(27(36)29(38)32-20-13-14(2)9-10-15(20)3)24-28(37)33-23-19(31-24)12-11-18-21(23)26(35)17-8-6-5-7-16(17)25(18)34/h5-13,22H,4H2,1-3H3,(H,32,38)(H,33,37)/t22-/m1/s1. The van der Waals surface area contributed by atoms with Crippen LogP contribution in [0.2, 0.25) is 0 Å². The van der Waals surface area contributed by atoms with E-state index in [1.165, 1.54) is 25.1 Å². The number of nitrogens with zero attached hydrogens (tertiary/aromatic N) is 1. The summed E-state index contributed by atoms with van der Waals surface area (Å²) in [4.78, 5) is 85.6. The second-order valence-corrected chi connectivity index (χ2v) is 9.36. The van der Waals surface area contributed by atoms with Crippen molar-refractivity contribution >= 4 is 45.9 Å². The Morgan fingerprint density at radius 1 is 0.925 bits per heavy atom. The first-order valence-electron chi connectivity index (χ1n) is 12.5. The molecule has 10 heteroatoms. The maximum absolute atomic E-state index is 13.3. The zero-order valence-electron chi connectivity index (χ0n) is 21.8. The molecule has 0 bridgehead atoms. The molecule has 200 valence electrons. The zero-order valence-corrected chi connectivity index (χ0v) is 21.8. The van der Waals surface area contributed by atoms with Crippen molar-refractivity contribution in [1.82, 2.24) is 9.97 Å². The molecule has 5 rings (SSSR count). The number of carbonyl (C=O) groups is 5. The molecule has 0 saturated heterocycles. The monoisotopic (exact) mass is 537 g/mol. The van der Waals surface area contributed by atoms with Crippen molar-refractivity contribution in [3.63, 3.8) is 0 Å². The Kier molecular flexibility index (Phi) is 6.68. The van der Waals surface area contributed by atoms with Crippen LogP contribution in [-0.2, 0) is 19.1 Å². The summed E-state index contributed by atoms with van der Waals surface area (Å²) in [6.45, 7) is 4.95. The molecule has 4 aromatic rings. The van der Waals surface area contributed by atoms with Gasteiger partial charge in [0.1, 0.15) is 5.69 Å². The summed E-state index contributed by atoms with van der Waals surface area (Å²) >= 11 is 0. The fourth-order valence-corrected chi connectivity index (χ4v) is 4.70. The number of aromatic amines is 1. The van der Waals surface area contributed by atoms with Gasteiger partial charge in [0.2, 0.25) is 5.78 Å². The molecule has 1 aliphatic rings. The summed E-state index contributed by atoms with van der Waals surface area (Å²) in [5.41, 5.74) is 0.850. The van der Waals surface area contributed by atoms with E-state index in [-0.39, 0.29) is 45.7 Å². The number of aromatic nitrogens is 2. The van der Waals surface area contributed by atoms with Crippen molar-refractivity contribution in [2.45, 2.75) is 26.7 Å². The third kappa shape index (κ3) is 4.39. The molecular formula is C30H23N3O7. The van der Waals surface area contributed by atoms with Crippen molar-refractivity contribution in [1.29, 1.82) is 0 Å². The third-order valence-electron chi connectivity index (χ3n) is 6.71. The highest BCUT2D eigenvalue weighted by molar-refractivity contribution is 6.45. The second-order valence-electron chi connectivity index (χ2n) is 9.36. The third-order valence-corrected chi connectivity index (χ3v) is 6.71. The van der Waals surface area contributed by atoms with Crippen LogP contribution < -0.4 is 10.9 Å². The lowest BCUT2D eigenvalue weighted by molar-refractivity contribution is -0.150. The maximum Gasteiger partial charge on any atom is 0.323 e. The van der Waals surface area contributed by atoms with Crippen molar-refractivity contribution in [3.05, 3.63) is 104 Å². The van der Waals surface area contributed by atoms with Crippen molar-refractivity contribution in [2.75, 3.05) is 11.9 Å². The second kappa shape index (κ2) is 10.1. The number of amides is 1. The molecule has 2 N–H and O–H groups in total. The molecule has 0 radical (unpaired) electrons. The van der Waals surface area contributed by atoms with Crippen LogP contribution in [0, 0.1) is 13.8 Å². The number of esters is 1. The van der Waals surface area contributed by atoms with Gasteiger partial charge < -0.3 is 15.0 Å². The smallest absolute Gasteiger partial charge is 0.323 e. The average molecular weight is 538 g/mol. The van der Waals surface area contributed by atoms with E-state index in [9.17, 15) is 28.8 Å². The topological polar surface area (TPSA) is 152 Å². The molecule has 1 heterocycles. The first-order valence-corrected chi connectivity index (χ1v) is 12.5. The molecule has 3 aromatic carbocycles. The van der Waals surface area contributed by atoms with Gasteiger partial charge in [-0.15, -0.1) is 0 Å². The number of benzene rings is 3. The van der Waals surface area contributed by atoms with E-state index >= 15 is 0 Å². The van der Waals surface area contributed by atoms with Gasteiger partial charge in [0.05, 0.1) is 23.2 Å². The number of Topliss-reactive ketones (excluding diaryl/α,β-unsaturated/α-hetero) is 1. The quantitative estimate of drug-likeness (QED) is 0.190. The molecule has 0 fully saturated rings. The number of hydrogen-bond donors (Lipinski definition) is 2. The fourth-order valence-electron chi connectivity index (χ4n) is 4.70. The minimum absolute atomic E-state index is 0.0194. The van der Waals surface area contributed by atoms with Crippen LogP contribution in [0.25, 0.3) is 11.0 Å². The molecule has 40 heavy (non-hydrogen) atoms. The number of aryl methyl sites for hydroxylation is 2. The highest BCUT2D eigenvalue weighted by Gasteiger charge is 2.39. The van der Waals surface area contributed by atoms with Gasteiger partial charge in [-0.05, 0) is 50.1 Å². The summed E-state index contributed by atoms with van der Waals surface area (Å²) in [6.07, 6.45) is 0. The minimum atomic E-state index is -1.97. The van der Waals surface area contributed by atoms with Gasteiger partial charge in [-0.25, -0.2) is 4.98 Å². The largest absolute Gasteiger partial charge is 0.465 e. The first kappa shape index (κ1) is 26.4. The Morgan fingerprint density at radius 3 is 2.33 bits per heavy atom. The minimum Gasteiger partial charge on any atom is -0.465 e. The van der Waals surface area contributed by atoms with Crippen LogP contribution in [0.5, 0.6) is 0 Å². The van der Waals surface area contributed by atoms with E-state index in [0.717, 1.165) is 5.56 Å². The van der Waals surface area contributed by atoms with Gasteiger partial charge in [-0.1, -0.05) is 36.4 Å². The molecule has 0 saturated carbocycles. The number of anilines is 1. The van der Waals surface area contributed by atoms with Crippen molar-refractivity contribution in [3.8, 4) is 0 Å². The lowest BCUT2D eigenvalue weighted by atomic mass is 9.83. The fraction of sp³-hybridized carbons (Fsp3) is 0.167. The number of rotatable bonds is 6.